The maximum absolute atomic E-state index is 14.0. The number of rotatable bonds is 2. The fourth-order valence-electron chi connectivity index (χ4n) is 2.96. The van der Waals surface area contributed by atoms with E-state index in [0.717, 1.165) is 23.0 Å². The van der Waals surface area contributed by atoms with E-state index in [1.165, 1.54) is 17.0 Å². The van der Waals surface area contributed by atoms with E-state index in [1.807, 2.05) is 13.8 Å². The molecule has 2 heterocycles. The van der Waals surface area contributed by atoms with E-state index in [-0.39, 0.29) is 11.6 Å². The number of halogens is 2. The number of ether oxygens (including phenoxy) is 1. The summed E-state index contributed by atoms with van der Waals surface area (Å²) in [6.07, 6.45) is 0. The standard InChI is InChI=1S/C16H17F2N3O2/c1-9-14(10(2)20-19-9)13-8-23-7-6-21(13)16(22)11-4-3-5-12(17)15(11)18/h3-5,13H,6-8H2,1-2H3,(H,19,20)/t13-/m0/s1. The van der Waals surface area contributed by atoms with E-state index in [2.05, 4.69) is 10.2 Å². The van der Waals surface area contributed by atoms with Gasteiger partial charge in [0.05, 0.1) is 30.5 Å². The van der Waals surface area contributed by atoms with Crippen LogP contribution in [0.4, 0.5) is 8.78 Å². The van der Waals surface area contributed by atoms with Crippen LogP contribution in [0.15, 0.2) is 18.2 Å². The van der Waals surface area contributed by atoms with Gasteiger partial charge >= 0.3 is 0 Å². The Bertz CT molecular complexity index is 725. The van der Waals surface area contributed by atoms with Crippen molar-refractivity contribution in [3.05, 3.63) is 52.3 Å². The minimum Gasteiger partial charge on any atom is -0.377 e. The van der Waals surface area contributed by atoms with Gasteiger partial charge in [0.2, 0.25) is 0 Å². The molecular weight excluding hydrogens is 304 g/mol. The molecule has 1 atom stereocenters. The maximum atomic E-state index is 14.0. The Balaban J connectivity index is 1.99. The average Bonchev–Trinajstić information content (AvgIpc) is 2.88. The van der Waals surface area contributed by atoms with Crippen molar-refractivity contribution in [2.24, 2.45) is 0 Å². The molecule has 0 bridgehead atoms. The number of nitrogens with zero attached hydrogens (tertiary/aromatic N) is 2. The van der Waals surface area contributed by atoms with E-state index < -0.39 is 17.5 Å². The monoisotopic (exact) mass is 321 g/mol. The van der Waals surface area contributed by atoms with Gasteiger partial charge in [-0.3, -0.25) is 9.89 Å². The van der Waals surface area contributed by atoms with Crippen molar-refractivity contribution in [1.82, 2.24) is 15.1 Å². The number of nitrogens with one attached hydrogen (secondary N) is 1. The highest BCUT2D eigenvalue weighted by molar-refractivity contribution is 5.95. The fourth-order valence-corrected chi connectivity index (χ4v) is 2.96. The minimum atomic E-state index is -1.12. The molecule has 1 saturated heterocycles. The van der Waals surface area contributed by atoms with Crippen LogP contribution in [0.1, 0.15) is 33.4 Å². The lowest BCUT2D eigenvalue weighted by molar-refractivity contribution is -0.00329. The number of aromatic amines is 1. The first-order chi connectivity index (χ1) is 11.0. The second kappa shape index (κ2) is 6.08. The fraction of sp³-hybridized carbons (Fsp3) is 0.375. The lowest BCUT2D eigenvalue weighted by Crippen LogP contribution is -2.44. The van der Waals surface area contributed by atoms with Crippen LogP contribution in [0.3, 0.4) is 0 Å². The minimum absolute atomic E-state index is 0.268. The number of aromatic nitrogens is 2. The van der Waals surface area contributed by atoms with Gasteiger partial charge in [-0.15, -0.1) is 0 Å². The van der Waals surface area contributed by atoms with Gasteiger partial charge in [0.25, 0.3) is 5.91 Å². The molecule has 0 aliphatic carbocycles. The normalized spacial score (nSPS) is 18.3. The summed E-state index contributed by atoms with van der Waals surface area (Å²) in [5, 5.41) is 7.01. The first kappa shape index (κ1) is 15.6. The molecule has 1 aromatic heterocycles. The van der Waals surface area contributed by atoms with Gasteiger partial charge in [0.1, 0.15) is 0 Å². The molecule has 1 N–H and O–H groups in total. The molecular formula is C16H17F2N3O2. The molecule has 0 spiro atoms. The predicted octanol–water partition coefficient (Wildman–Crippen LogP) is 2.52. The Labute approximate surface area is 132 Å². The van der Waals surface area contributed by atoms with Crippen LogP contribution in [0.5, 0.6) is 0 Å². The summed E-state index contributed by atoms with van der Waals surface area (Å²) in [6, 6.07) is 3.24. The van der Waals surface area contributed by atoms with E-state index in [0.29, 0.717) is 19.8 Å². The number of morpholine rings is 1. The quantitative estimate of drug-likeness (QED) is 0.925. The van der Waals surface area contributed by atoms with Gasteiger partial charge in [-0.05, 0) is 26.0 Å². The number of hydrogen-bond donors (Lipinski definition) is 1. The van der Waals surface area contributed by atoms with E-state index in [9.17, 15) is 13.6 Å². The highest BCUT2D eigenvalue weighted by Gasteiger charge is 2.33. The molecule has 3 rings (SSSR count). The van der Waals surface area contributed by atoms with Gasteiger partial charge in [0.15, 0.2) is 11.6 Å². The van der Waals surface area contributed by atoms with Gasteiger partial charge in [0, 0.05) is 17.8 Å². The van der Waals surface area contributed by atoms with Gasteiger partial charge in [-0.1, -0.05) is 6.07 Å². The Morgan fingerprint density at radius 3 is 2.87 bits per heavy atom. The zero-order valence-corrected chi connectivity index (χ0v) is 12.9. The SMILES string of the molecule is Cc1n[nH]c(C)c1[C@@H]1COCCN1C(=O)c1cccc(F)c1F. The van der Waals surface area contributed by atoms with Gasteiger partial charge in [-0.25, -0.2) is 8.78 Å². The zero-order chi connectivity index (χ0) is 16.6. The summed E-state index contributed by atoms with van der Waals surface area (Å²) < 4.78 is 32.9. The molecule has 1 fully saturated rings. The van der Waals surface area contributed by atoms with E-state index in [4.69, 9.17) is 4.74 Å². The van der Waals surface area contributed by atoms with Crippen molar-refractivity contribution >= 4 is 5.91 Å². The average molecular weight is 321 g/mol. The first-order valence-electron chi connectivity index (χ1n) is 7.35. The number of benzene rings is 1. The smallest absolute Gasteiger partial charge is 0.257 e. The molecule has 7 heteroatoms. The number of amides is 1. The molecule has 0 saturated carbocycles. The summed E-state index contributed by atoms with van der Waals surface area (Å²) in [4.78, 5) is 14.3. The second-order valence-corrected chi connectivity index (χ2v) is 5.54. The predicted molar refractivity (Wildman–Crippen MR) is 79.0 cm³/mol. The molecule has 0 unspecified atom stereocenters. The topological polar surface area (TPSA) is 58.2 Å². The zero-order valence-electron chi connectivity index (χ0n) is 12.9. The van der Waals surface area contributed by atoms with Crippen LogP contribution < -0.4 is 0 Å². The van der Waals surface area contributed by atoms with Crippen molar-refractivity contribution in [3.63, 3.8) is 0 Å². The second-order valence-electron chi connectivity index (χ2n) is 5.54. The molecule has 1 aliphatic heterocycles. The van der Waals surface area contributed by atoms with Crippen molar-refractivity contribution in [3.8, 4) is 0 Å². The summed E-state index contributed by atoms with van der Waals surface area (Å²) in [7, 11) is 0. The largest absolute Gasteiger partial charge is 0.377 e. The maximum Gasteiger partial charge on any atom is 0.257 e. The third kappa shape index (κ3) is 2.72. The summed E-state index contributed by atoms with van der Waals surface area (Å²) in [5.74, 6) is -2.70. The van der Waals surface area contributed by atoms with Crippen molar-refractivity contribution in [2.75, 3.05) is 19.8 Å². The number of aryl methyl sites for hydroxylation is 2. The number of carbonyl (C=O) groups is 1. The third-order valence-electron chi connectivity index (χ3n) is 4.09. The molecule has 1 aliphatic rings. The molecule has 23 heavy (non-hydrogen) atoms. The number of carbonyl (C=O) groups excluding carboxylic acids is 1. The lowest BCUT2D eigenvalue weighted by atomic mass is 10.0. The molecule has 0 radical (unpaired) electrons. The van der Waals surface area contributed by atoms with Crippen molar-refractivity contribution in [1.29, 1.82) is 0 Å². The molecule has 2 aromatic rings. The Kier molecular flexibility index (Phi) is 4.12. The Hall–Kier alpha value is -2.28. The van der Waals surface area contributed by atoms with Crippen LogP contribution in [0.2, 0.25) is 0 Å². The van der Waals surface area contributed by atoms with Crippen LogP contribution in [-0.2, 0) is 4.74 Å². The first-order valence-corrected chi connectivity index (χ1v) is 7.35. The summed E-state index contributed by atoms with van der Waals surface area (Å²) in [6.45, 7) is 4.65. The Morgan fingerprint density at radius 2 is 2.17 bits per heavy atom. The highest BCUT2D eigenvalue weighted by Crippen LogP contribution is 2.30. The van der Waals surface area contributed by atoms with Crippen LogP contribution >= 0.6 is 0 Å². The van der Waals surface area contributed by atoms with Crippen LogP contribution in [0, 0.1) is 25.5 Å². The summed E-state index contributed by atoms with van der Waals surface area (Å²) in [5.41, 5.74) is 2.18. The molecule has 1 aromatic carbocycles. The van der Waals surface area contributed by atoms with E-state index in [1.54, 1.807) is 0 Å². The van der Waals surface area contributed by atoms with Crippen LogP contribution in [-0.4, -0.2) is 40.8 Å². The Morgan fingerprint density at radius 1 is 1.39 bits per heavy atom. The van der Waals surface area contributed by atoms with Crippen LogP contribution in [0.25, 0.3) is 0 Å². The number of hydrogen-bond acceptors (Lipinski definition) is 3. The molecule has 1 amide bonds. The van der Waals surface area contributed by atoms with E-state index >= 15 is 0 Å². The van der Waals surface area contributed by atoms with Crippen molar-refractivity contribution < 1.29 is 18.3 Å². The molecule has 5 nitrogen and oxygen atoms in total. The summed E-state index contributed by atoms with van der Waals surface area (Å²) >= 11 is 0. The van der Waals surface area contributed by atoms with Gasteiger partial charge in [-0.2, -0.15) is 5.10 Å². The number of H-pyrrole nitrogens is 1. The highest BCUT2D eigenvalue weighted by atomic mass is 19.2. The lowest BCUT2D eigenvalue weighted by Gasteiger charge is -2.36. The molecule has 122 valence electrons. The van der Waals surface area contributed by atoms with Crippen molar-refractivity contribution in [2.45, 2.75) is 19.9 Å². The van der Waals surface area contributed by atoms with Gasteiger partial charge < -0.3 is 9.64 Å². The third-order valence-corrected chi connectivity index (χ3v) is 4.09.